The number of unbranched alkanes of at least 4 members (excludes halogenated alkanes) is 2. The van der Waals surface area contributed by atoms with Gasteiger partial charge in [0.2, 0.25) is 0 Å². The number of aryl methyl sites for hydroxylation is 1. The molecule has 1 aliphatic carbocycles. The van der Waals surface area contributed by atoms with E-state index in [0.717, 1.165) is 18.8 Å². The molecule has 30 heavy (non-hydrogen) atoms. The van der Waals surface area contributed by atoms with Crippen molar-refractivity contribution in [3.8, 4) is 0 Å². The Balaban J connectivity index is 1.69. The number of benzene rings is 1. The van der Waals surface area contributed by atoms with Crippen LogP contribution in [0, 0.1) is 11.8 Å². The molecule has 1 fully saturated rings. The van der Waals surface area contributed by atoms with Gasteiger partial charge in [0.05, 0.1) is 6.61 Å². The summed E-state index contributed by atoms with van der Waals surface area (Å²) in [7, 11) is 0. The summed E-state index contributed by atoms with van der Waals surface area (Å²) in [5.74, 6) is 1.13. The van der Waals surface area contributed by atoms with Gasteiger partial charge in [-0.2, -0.15) is 0 Å². The largest absolute Gasteiger partial charge is 0.462 e. The SMILES string of the molecule is C=C(CC)C(=O)OCC(CO)CCC1CCC(c2ccc(CCCCC)cc2)CC1. The normalized spacial score (nSPS) is 20.0. The monoisotopic (exact) mass is 414 g/mol. The van der Waals surface area contributed by atoms with Crippen LogP contribution < -0.4 is 0 Å². The molecule has 0 bridgehead atoms. The lowest BCUT2D eigenvalue weighted by Gasteiger charge is -2.29. The number of aliphatic hydroxyl groups excluding tert-OH is 1. The summed E-state index contributed by atoms with van der Waals surface area (Å²) in [4.78, 5) is 11.8. The van der Waals surface area contributed by atoms with Gasteiger partial charge in [0.1, 0.15) is 0 Å². The molecule has 1 saturated carbocycles. The fourth-order valence-electron chi connectivity index (χ4n) is 4.46. The summed E-state index contributed by atoms with van der Waals surface area (Å²) in [6.07, 6.45) is 12.8. The summed E-state index contributed by atoms with van der Waals surface area (Å²) in [5.41, 5.74) is 3.47. The molecule has 1 unspecified atom stereocenters. The van der Waals surface area contributed by atoms with Crippen molar-refractivity contribution < 1.29 is 14.6 Å². The molecule has 0 saturated heterocycles. The standard InChI is InChI=1S/C27H42O3/c1-4-6-7-8-22-11-15-25(16-12-22)26-17-13-23(14-18-26)9-10-24(19-28)20-30-27(29)21(3)5-2/h11-12,15-16,23-24,26,28H,3-10,13-14,17-20H2,1-2H3. The zero-order chi connectivity index (χ0) is 21.8. The van der Waals surface area contributed by atoms with E-state index >= 15 is 0 Å². The Hall–Kier alpha value is -1.61. The van der Waals surface area contributed by atoms with Gasteiger partial charge in [-0.25, -0.2) is 4.79 Å². The average molecular weight is 415 g/mol. The van der Waals surface area contributed by atoms with E-state index in [-0.39, 0.29) is 18.5 Å². The van der Waals surface area contributed by atoms with Crippen LogP contribution in [0.1, 0.15) is 95.1 Å². The molecule has 1 aromatic rings. The van der Waals surface area contributed by atoms with Crippen molar-refractivity contribution in [1.29, 1.82) is 0 Å². The van der Waals surface area contributed by atoms with Crippen molar-refractivity contribution in [2.75, 3.05) is 13.2 Å². The quantitative estimate of drug-likeness (QED) is 0.225. The van der Waals surface area contributed by atoms with E-state index in [1.165, 1.54) is 62.5 Å². The average Bonchev–Trinajstić information content (AvgIpc) is 2.79. The number of rotatable bonds is 13. The first kappa shape index (κ1) is 24.7. The highest BCUT2D eigenvalue weighted by molar-refractivity contribution is 5.87. The molecular weight excluding hydrogens is 372 g/mol. The van der Waals surface area contributed by atoms with Crippen molar-refractivity contribution in [3.63, 3.8) is 0 Å². The molecule has 0 amide bonds. The van der Waals surface area contributed by atoms with Gasteiger partial charge in [0.25, 0.3) is 0 Å². The zero-order valence-corrected chi connectivity index (χ0v) is 19.2. The van der Waals surface area contributed by atoms with E-state index in [1.807, 2.05) is 6.92 Å². The van der Waals surface area contributed by atoms with Gasteiger partial charge < -0.3 is 9.84 Å². The Morgan fingerprint density at radius 3 is 2.43 bits per heavy atom. The molecule has 0 heterocycles. The third-order valence-electron chi connectivity index (χ3n) is 6.77. The first-order valence-electron chi connectivity index (χ1n) is 12.1. The van der Waals surface area contributed by atoms with E-state index < -0.39 is 0 Å². The molecule has 0 spiro atoms. The van der Waals surface area contributed by atoms with Crippen LogP contribution in [0.2, 0.25) is 0 Å². The van der Waals surface area contributed by atoms with Gasteiger partial charge >= 0.3 is 5.97 Å². The number of hydrogen-bond acceptors (Lipinski definition) is 3. The van der Waals surface area contributed by atoms with E-state index in [1.54, 1.807) is 0 Å². The fraction of sp³-hybridized carbons (Fsp3) is 0.667. The van der Waals surface area contributed by atoms with Crippen LogP contribution in [0.5, 0.6) is 0 Å². The third kappa shape index (κ3) is 8.26. The van der Waals surface area contributed by atoms with E-state index in [0.29, 0.717) is 24.5 Å². The Labute approximate surface area is 183 Å². The molecule has 1 aromatic carbocycles. The number of aliphatic hydroxyl groups is 1. The van der Waals surface area contributed by atoms with Crippen molar-refractivity contribution in [1.82, 2.24) is 0 Å². The predicted octanol–water partition coefficient (Wildman–Crippen LogP) is 6.59. The number of ether oxygens (including phenoxy) is 1. The first-order valence-corrected chi connectivity index (χ1v) is 12.1. The number of carbonyl (C=O) groups is 1. The second-order valence-corrected chi connectivity index (χ2v) is 9.10. The van der Waals surface area contributed by atoms with Gasteiger partial charge in [-0.1, -0.05) is 57.5 Å². The first-order chi connectivity index (χ1) is 14.6. The maximum absolute atomic E-state index is 11.8. The lowest BCUT2D eigenvalue weighted by Crippen LogP contribution is -2.20. The number of hydrogen-bond donors (Lipinski definition) is 1. The van der Waals surface area contributed by atoms with Crippen molar-refractivity contribution in [3.05, 3.63) is 47.5 Å². The summed E-state index contributed by atoms with van der Waals surface area (Å²) in [6, 6.07) is 9.37. The van der Waals surface area contributed by atoms with Gasteiger partial charge in [-0.15, -0.1) is 0 Å². The number of esters is 1. The molecule has 2 rings (SSSR count). The maximum atomic E-state index is 11.8. The third-order valence-corrected chi connectivity index (χ3v) is 6.77. The van der Waals surface area contributed by atoms with Crippen LogP contribution in [0.4, 0.5) is 0 Å². The summed E-state index contributed by atoms with van der Waals surface area (Å²) < 4.78 is 5.30. The van der Waals surface area contributed by atoms with Crippen LogP contribution in [0.25, 0.3) is 0 Å². The van der Waals surface area contributed by atoms with Gasteiger partial charge in [0, 0.05) is 18.1 Å². The highest BCUT2D eigenvalue weighted by Crippen LogP contribution is 2.38. The van der Waals surface area contributed by atoms with Crippen LogP contribution >= 0.6 is 0 Å². The Bertz CT molecular complexity index is 626. The second kappa shape index (κ2) is 13.6. The zero-order valence-electron chi connectivity index (χ0n) is 19.2. The summed E-state index contributed by atoms with van der Waals surface area (Å²) in [5, 5.41) is 9.63. The molecule has 168 valence electrons. The topological polar surface area (TPSA) is 46.5 Å². The molecular formula is C27H42O3. The Morgan fingerprint density at radius 1 is 1.13 bits per heavy atom. The highest BCUT2D eigenvalue weighted by Gasteiger charge is 2.23. The van der Waals surface area contributed by atoms with Crippen molar-refractivity contribution in [2.24, 2.45) is 11.8 Å². The van der Waals surface area contributed by atoms with E-state index in [4.69, 9.17) is 4.74 Å². The fourth-order valence-corrected chi connectivity index (χ4v) is 4.46. The van der Waals surface area contributed by atoms with Gasteiger partial charge in [-0.05, 0) is 80.8 Å². The van der Waals surface area contributed by atoms with Gasteiger partial charge in [-0.3, -0.25) is 0 Å². The summed E-state index contributed by atoms with van der Waals surface area (Å²) in [6.45, 7) is 8.23. The molecule has 1 N–H and O–H groups in total. The van der Waals surface area contributed by atoms with Crippen LogP contribution in [-0.2, 0) is 16.0 Å². The molecule has 0 aliphatic heterocycles. The lowest BCUT2D eigenvalue weighted by molar-refractivity contribution is -0.141. The Morgan fingerprint density at radius 2 is 1.83 bits per heavy atom. The maximum Gasteiger partial charge on any atom is 0.333 e. The van der Waals surface area contributed by atoms with Crippen LogP contribution in [0.3, 0.4) is 0 Å². The van der Waals surface area contributed by atoms with Crippen LogP contribution in [0.15, 0.2) is 36.4 Å². The molecule has 3 heteroatoms. The molecule has 1 aliphatic rings. The Kier molecular flexibility index (Phi) is 11.2. The highest BCUT2D eigenvalue weighted by atomic mass is 16.5. The van der Waals surface area contributed by atoms with Crippen molar-refractivity contribution >= 4 is 5.97 Å². The lowest BCUT2D eigenvalue weighted by atomic mass is 9.76. The van der Waals surface area contributed by atoms with Crippen molar-refractivity contribution in [2.45, 2.75) is 90.4 Å². The van der Waals surface area contributed by atoms with Crippen LogP contribution in [-0.4, -0.2) is 24.3 Å². The minimum absolute atomic E-state index is 0.0385. The van der Waals surface area contributed by atoms with Gasteiger partial charge in [0.15, 0.2) is 0 Å². The second-order valence-electron chi connectivity index (χ2n) is 9.10. The molecule has 3 nitrogen and oxygen atoms in total. The molecule has 0 aromatic heterocycles. The predicted molar refractivity (Wildman–Crippen MR) is 125 cm³/mol. The molecule has 1 atom stereocenters. The minimum atomic E-state index is -0.326. The van der Waals surface area contributed by atoms with E-state index in [9.17, 15) is 9.90 Å². The molecule has 0 radical (unpaired) electrons. The smallest absolute Gasteiger partial charge is 0.333 e. The summed E-state index contributed by atoms with van der Waals surface area (Å²) >= 11 is 0. The van der Waals surface area contributed by atoms with E-state index in [2.05, 4.69) is 37.8 Å². The minimum Gasteiger partial charge on any atom is -0.462 e. The number of carbonyl (C=O) groups excluding carboxylic acids is 1.